The maximum absolute atomic E-state index is 10.8. The normalized spacial score (nSPS) is 12.5. The Bertz CT molecular complexity index is 259. The topological polar surface area (TPSA) is 52.3 Å². The fraction of sp³-hybridized carbons (Fsp3) is 0.444. The molecule has 0 aliphatic rings. The number of nitrogens with two attached hydrogens (primary N) is 1. The molecule has 4 heteroatoms. The Kier molecular flexibility index (Phi) is 3.92. The molecule has 1 unspecified atom stereocenters. The van der Waals surface area contributed by atoms with Crippen molar-refractivity contribution in [2.45, 2.75) is 18.9 Å². The highest BCUT2D eigenvalue weighted by molar-refractivity contribution is 7.10. The summed E-state index contributed by atoms with van der Waals surface area (Å²) in [5.41, 5.74) is 5.85. The zero-order chi connectivity index (χ0) is 9.68. The molecular formula is C9H13NO2S. The number of ether oxygens (including phenoxy) is 1. The molecular weight excluding hydrogens is 186 g/mol. The van der Waals surface area contributed by atoms with Crippen LogP contribution in [0.1, 0.15) is 23.8 Å². The van der Waals surface area contributed by atoms with Gasteiger partial charge >= 0.3 is 5.97 Å². The molecule has 3 nitrogen and oxygen atoms in total. The van der Waals surface area contributed by atoms with E-state index in [2.05, 4.69) is 4.74 Å². The standard InChI is InChI=1S/C9H13NO2S/c1-12-9(11)5-4-7(10)8-3-2-6-13-8/h2-3,6-7H,4-5,10H2,1H3. The lowest BCUT2D eigenvalue weighted by molar-refractivity contribution is -0.140. The summed E-state index contributed by atoms with van der Waals surface area (Å²) < 4.78 is 4.53. The number of esters is 1. The second-order valence-corrected chi connectivity index (χ2v) is 3.72. The van der Waals surface area contributed by atoms with Crippen LogP contribution in [0.2, 0.25) is 0 Å². The highest BCUT2D eigenvalue weighted by Gasteiger charge is 2.09. The van der Waals surface area contributed by atoms with Crippen LogP contribution in [0, 0.1) is 0 Å². The number of rotatable bonds is 4. The van der Waals surface area contributed by atoms with Gasteiger partial charge in [0.05, 0.1) is 7.11 Å². The first-order valence-corrected chi connectivity index (χ1v) is 4.98. The van der Waals surface area contributed by atoms with Crippen LogP contribution in [0.15, 0.2) is 17.5 Å². The van der Waals surface area contributed by atoms with Crippen LogP contribution in [0.3, 0.4) is 0 Å². The number of methoxy groups -OCH3 is 1. The minimum atomic E-state index is -0.202. The molecule has 0 bridgehead atoms. The molecule has 0 radical (unpaired) electrons. The van der Waals surface area contributed by atoms with Gasteiger partial charge in [0.25, 0.3) is 0 Å². The summed E-state index contributed by atoms with van der Waals surface area (Å²) in [6, 6.07) is 3.89. The third kappa shape index (κ3) is 3.16. The van der Waals surface area contributed by atoms with Gasteiger partial charge in [-0.25, -0.2) is 0 Å². The summed E-state index contributed by atoms with van der Waals surface area (Å²) in [4.78, 5) is 11.9. The second kappa shape index (κ2) is 4.99. The quantitative estimate of drug-likeness (QED) is 0.751. The first kappa shape index (κ1) is 10.2. The van der Waals surface area contributed by atoms with E-state index in [1.807, 2.05) is 17.5 Å². The average molecular weight is 199 g/mol. The van der Waals surface area contributed by atoms with Crippen LogP contribution in [-0.4, -0.2) is 13.1 Å². The van der Waals surface area contributed by atoms with Crippen molar-refractivity contribution in [3.8, 4) is 0 Å². The minimum absolute atomic E-state index is 0.0425. The largest absolute Gasteiger partial charge is 0.469 e. The Morgan fingerprint density at radius 2 is 2.54 bits per heavy atom. The monoisotopic (exact) mass is 199 g/mol. The molecule has 1 aromatic rings. The number of carbonyl (C=O) groups is 1. The first-order chi connectivity index (χ1) is 6.24. The molecule has 1 heterocycles. The summed E-state index contributed by atoms with van der Waals surface area (Å²) in [7, 11) is 1.39. The Morgan fingerprint density at radius 3 is 3.08 bits per heavy atom. The molecule has 0 amide bonds. The van der Waals surface area contributed by atoms with Gasteiger partial charge in [-0.15, -0.1) is 11.3 Å². The zero-order valence-corrected chi connectivity index (χ0v) is 8.34. The van der Waals surface area contributed by atoms with Gasteiger partial charge < -0.3 is 10.5 Å². The highest BCUT2D eigenvalue weighted by Crippen LogP contribution is 2.20. The van der Waals surface area contributed by atoms with E-state index in [-0.39, 0.29) is 12.0 Å². The van der Waals surface area contributed by atoms with Gasteiger partial charge in [-0.05, 0) is 17.9 Å². The van der Waals surface area contributed by atoms with Crippen LogP contribution < -0.4 is 5.73 Å². The van der Waals surface area contributed by atoms with Gasteiger partial charge in [0.1, 0.15) is 0 Å². The molecule has 2 N–H and O–H groups in total. The zero-order valence-electron chi connectivity index (χ0n) is 7.53. The number of carbonyl (C=O) groups excluding carboxylic acids is 1. The van der Waals surface area contributed by atoms with E-state index < -0.39 is 0 Å². The van der Waals surface area contributed by atoms with Gasteiger partial charge in [-0.1, -0.05) is 6.07 Å². The summed E-state index contributed by atoms with van der Waals surface area (Å²) in [5.74, 6) is -0.202. The van der Waals surface area contributed by atoms with Crippen molar-refractivity contribution in [3.05, 3.63) is 22.4 Å². The van der Waals surface area contributed by atoms with Gasteiger partial charge in [-0.3, -0.25) is 4.79 Å². The lowest BCUT2D eigenvalue weighted by Crippen LogP contribution is -2.11. The smallest absolute Gasteiger partial charge is 0.305 e. The van der Waals surface area contributed by atoms with Gasteiger partial charge in [-0.2, -0.15) is 0 Å². The Hall–Kier alpha value is -0.870. The molecule has 0 saturated carbocycles. The molecule has 1 rings (SSSR count). The van der Waals surface area contributed by atoms with E-state index in [9.17, 15) is 4.79 Å². The molecule has 0 fully saturated rings. The van der Waals surface area contributed by atoms with Crippen molar-refractivity contribution in [2.75, 3.05) is 7.11 Å². The van der Waals surface area contributed by atoms with E-state index >= 15 is 0 Å². The molecule has 0 aromatic carbocycles. The maximum Gasteiger partial charge on any atom is 0.305 e. The van der Waals surface area contributed by atoms with Gasteiger partial charge in [0.2, 0.25) is 0 Å². The summed E-state index contributed by atoms with van der Waals surface area (Å²) in [5, 5.41) is 1.98. The minimum Gasteiger partial charge on any atom is -0.469 e. The lowest BCUT2D eigenvalue weighted by Gasteiger charge is -2.07. The lowest BCUT2D eigenvalue weighted by atomic mass is 10.1. The van der Waals surface area contributed by atoms with E-state index in [0.717, 1.165) is 4.88 Å². The van der Waals surface area contributed by atoms with Crippen molar-refractivity contribution < 1.29 is 9.53 Å². The third-order valence-corrected chi connectivity index (χ3v) is 2.80. The fourth-order valence-electron chi connectivity index (χ4n) is 1.02. The van der Waals surface area contributed by atoms with Crippen molar-refractivity contribution in [3.63, 3.8) is 0 Å². The summed E-state index contributed by atoms with van der Waals surface area (Å²) in [6.45, 7) is 0. The molecule has 0 spiro atoms. The number of hydrogen-bond donors (Lipinski definition) is 1. The highest BCUT2D eigenvalue weighted by atomic mass is 32.1. The maximum atomic E-state index is 10.8. The number of hydrogen-bond acceptors (Lipinski definition) is 4. The molecule has 1 aromatic heterocycles. The van der Waals surface area contributed by atoms with Crippen LogP contribution in [0.25, 0.3) is 0 Å². The van der Waals surface area contributed by atoms with Crippen molar-refractivity contribution >= 4 is 17.3 Å². The molecule has 0 saturated heterocycles. The van der Waals surface area contributed by atoms with Gasteiger partial charge in [0, 0.05) is 17.3 Å². The predicted octanol–water partition coefficient (Wildman–Crippen LogP) is 1.70. The van der Waals surface area contributed by atoms with Crippen LogP contribution in [0.4, 0.5) is 0 Å². The van der Waals surface area contributed by atoms with Crippen molar-refractivity contribution in [1.29, 1.82) is 0 Å². The van der Waals surface area contributed by atoms with Crippen molar-refractivity contribution in [2.24, 2.45) is 5.73 Å². The fourth-order valence-corrected chi connectivity index (χ4v) is 1.78. The summed E-state index contributed by atoms with van der Waals surface area (Å²) in [6.07, 6.45) is 1.03. The molecule has 13 heavy (non-hydrogen) atoms. The van der Waals surface area contributed by atoms with Crippen LogP contribution in [-0.2, 0) is 9.53 Å². The molecule has 0 aliphatic carbocycles. The molecule has 0 aliphatic heterocycles. The van der Waals surface area contributed by atoms with E-state index in [1.54, 1.807) is 11.3 Å². The Balaban J connectivity index is 2.34. The first-order valence-electron chi connectivity index (χ1n) is 4.10. The van der Waals surface area contributed by atoms with E-state index in [0.29, 0.717) is 12.8 Å². The van der Waals surface area contributed by atoms with E-state index in [1.165, 1.54) is 7.11 Å². The van der Waals surface area contributed by atoms with Gasteiger partial charge in [0.15, 0.2) is 0 Å². The van der Waals surface area contributed by atoms with Crippen LogP contribution in [0.5, 0.6) is 0 Å². The molecule has 72 valence electrons. The van der Waals surface area contributed by atoms with E-state index in [4.69, 9.17) is 5.73 Å². The Morgan fingerprint density at radius 1 is 1.77 bits per heavy atom. The average Bonchev–Trinajstić information content (AvgIpc) is 2.66. The predicted molar refractivity (Wildman–Crippen MR) is 52.5 cm³/mol. The molecule has 1 atom stereocenters. The summed E-state index contributed by atoms with van der Waals surface area (Å²) >= 11 is 1.61. The number of thiophene rings is 1. The van der Waals surface area contributed by atoms with Crippen molar-refractivity contribution in [1.82, 2.24) is 0 Å². The Labute approximate surface area is 81.5 Å². The van der Waals surface area contributed by atoms with Crippen LogP contribution >= 0.6 is 11.3 Å². The third-order valence-electron chi connectivity index (χ3n) is 1.80. The second-order valence-electron chi connectivity index (χ2n) is 2.74. The SMILES string of the molecule is COC(=O)CCC(N)c1cccs1.